The topological polar surface area (TPSA) is 301 Å². The van der Waals surface area contributed by atoms with E-state index < -0.39 is 26.1 Å². The van der Waals surface area contributed by atoms with Gasteiger partial charge < -0.3 is 53.5 Å². The number of H-pyrrole nitrogens is 3. The number of likely N-dealkylation sites (N-methyl/N-ethyl adjacent to an activating group) is 3. The Kier molecular flexibility index (Phi) is 19.3. The summed E-state index contributed by atoms with van der Waals surface area (Å²) in [5.41, 5.74) is 6.81. The molecule has 27 nitrogen and oxygen atoms in total. The lowest BCUT2D eigenvalue weighted by atomic mass is 9.86. The molecule has 5 aliphatic heterocycles. The van der Waals surface area contributed by atoms with Crippen LogP contribution in [0.4, 0.5) is 0 Å². The van der Waals surface area contributed by atoms with Crippen molar-refractivity contribution in [2.75, 3.05) is 99.5 Å². The third-order valence-corrected chi connectivity index (χ3v) is 21.9. The van der Waals surface area contributed by atoms with Gasteiger partial charge in [-0.1, -0.05) is 51.5 Å². The van der Waals surface area contributed by atoms with Crippen LogP contribution in [-0.2, 0) is 55.9 Å². The Labute approximate surface area is 556 Å². The summed E-state index contributed by atoms with van der Waals surface area (Å²) in [5, 5.41) is 10.2. The van der Waals surface area contributed by atoms with Crippen molar-refractivity contribution in [3.05, 3.63) is 134 Å². The zero-order valence-electron chi connectivity index (χ0n) is 55.5. The summed E-state index contributed by atoms with van der Waals surface area (Å²) < 4.78 is 82.1. The van der Waals surface area contributed by atoms with Gasteiger partial charge in [0.2, 0.25) is 38.7 Å². The maximum Gasteiger partial charge on any atom is 0.277 e. The molecule has 0 bridgehead atoms. The summed E-state index contributed by atoms with van der Waals surface area (Å²) in [5.74, 6) is 3.38. The summed E-state index contributed by atoms with van der Waals surface area (Å²) in [6.07, 6.45) is 3.57. The number of aryl methyl sites for hydroxylation is 4. The molecular weight excluding hydrogens is 1270 g/mol. The summed E-state index contributed by atoms with van der Waals surface area (Å²) in [6, 6.07) is 22.4. The number of aromatic nitrogens is 9. The van der Waals surface area contributed by atoms with Crippen LogP contribution in [0, 0.1) is 6.92 Å². The number of imidazole rings is 1. The maximum atomic E-state index is 13.4. The number of sulfonamides is 2. The van der Waals surface area contributed by atoms with Gasteiger partial charge in [0.1, 0.15) is 34.7 Å². The molecule has 0 aliphatic carbocycles. The van der Waals surface area contributed by atoms with Crippen LogP contribution in [0.5, 0.6) is 23.0 Å². The molecule has 0 spiro atoms. The standard InChI is InChI=1S/C23H32N6O4S.C22H30N6O4S.C22H19N3O4/c1-5-8-20-24-16(4)21-23(30)25-22(26-29(20)21)18-15-17(9-10-19(18)33-7-3)34(31,32)28-13-11-27(6-2)12-14-28;1-5-7-17-19-20(27(4)25-17)22(29)24-21(23-19)16-14-15(8-9-18(16)32-6-2)33(30,31)28-12-10-26(3)11-13-28;1-24-10-19(26)25-16(22(24)27)9-14-13-4-2-3-5-15(13)23-20(14)21(25)12-6-7-17-18(8-12)29-11-28-17/h9-10,15H,5-8,11-14H2,1-4H3,(H,25,26,30);8-9,14H,5-7,10-13H2,1-4H3,(H,23,24,29);2-8,16,21,23H,9-11H2,1H3/t;;16?,21-/m..1/s1. The number of nitrogens with one attached hydrogen (secondary N) is 3. The number of piperazine rings is 3. The van der Waals surface area contributed by atoms with Crippen molar-refractivity contribution >= 4 is 59.3 Å². The second-order valence-electron chi connectivity index (χ2n) is 24.4. The molecule has 96 heavy (non-hydrogen) atoms. The maximum absolute atomic E-state index is 13.4. The highest BCUT2D eigenvalue weighted by atomic mass is 32.2. The molecule has 10 heterocycles. The summed E-state index contributed by atoms with van der Waals surface area (Å²) in [4.78, 5) is 78.2. The molecule has 4 aromatic carbocycles. The van der Waals surface area contributed by atoms with E-state index in [-0.39, 0.29) is 63.8 Å². The first-order chi connectivity index (χ1) is 46.2. The molecular formula is C67H81N15O12S2. The number of fused-ring (bicyclic) bond motifs is 7. The highest BCUT2D eigenvalue weighted by molar-refractivity contribution is 7.89. The van der Waals surface area contributed by atoms with Crippen LogP contribution >= 0.6 is 0 Å². The lowest BCUT2D eigenvalue weighted by Gasteiger charge is -2.46. The van der Waals surface area contributed by atoms with E-state index in [1.165, 1.54) is 18.2 Å². The zero-order valence-corrected chi connectivity index (χ0v) is 57.1. The van der Waals surface area contributed by atoms with E-state index in [0.717, 1.165) is 52.8 Å². The highest BCUT2D eigenvalue weighted by Crippen LogP contribution is 2.45. The van der Waals surface area contributed by atoms with Gasteiger partial charge in [-0.25, -0.2) is 31.3 Å². The lowest BCUT2D eigenvalue weighted by molar-refractivity contribution is -0.157. The molecule has 2 amide bonds. The summed E-state index contributed by atoms with van der Waals surface area (Å²) in [7, 11) is -2.02. The Morgan fingerprint density at radius 2 is 1.26 bits per heavy atom. The Morgan fingerprint density at radius 1 is 0.646 bits per heavy atom. The first-order valence-electron chi connectivity index (χ1n) is 32.6. The minimum atomic E-state index is -3.71. The molecule has 29 heteroatoms. The fraction of sp³-hybridized carbons (Fsp3) is 0.433. The third-order valence-electron chi connectivity index (χ3n) is 18.2. The second kappa shape index (κ2) is 27.6. The van der Waals surface area contributed by atoms with Gasteiger partial charge in [-0.2, -0.15) is 13.7 Å². The van der Waals surface area contributed by atoms with E-state index in [0.29, 0.717) is 147 Å². The van der Waals surface area contributed by atoms with E-state index in [4.69, 9.17) is 23.9 Å². The smallest absolute Gasteiger partial charge is 0.277 e. The molecule has 3 N–H and O–H groups in total. The number of hydrogen-bond donors (Lipinski definition) is 3. The minimum Gasteiger partial charge on any atom is -0.493 e. The normalized spacial score (nSPS) is 17.9. The SMILES string of the molecule is CCCc1nc(C)c2c(=O)[nH]c(-c3cc(S(=O)(=O)N4CCN(CC)CC4)ccc3OCC)nn12.CCCc1nn(C)c2c(=O)[nH]c(-c3cc(S(=O)(=O)N4CCN(C)CC4)ccc3OCC)nc12.CN1CC(=O)N2C(Cc3c([nH]c4ccccc34)[C@H]2c2ccc3c(c2)OCO3)C1=O. The molecule has 3 fully saturated rings. The Bertz CT molecular complexity index is 4800. The fourth-order valence-electron chi connectivity index (χ4n) is 13.2. The number of carbonyl (C=O) groups is 2. The molecule has 2 atom stereocenters. The van der Waals surface area contributed by atoms with Gasteiger partial charge in [0.15, 0.2) is 28.4 Å². The third kappa shape index (κ3) is 12.7. The highest BCUT2D eigenvalue weighted by Gasteiger charge is 2.48. The van der Waals surface area contributed by atoms with Gasteiger partial charge in [-0.3, -0.25) is 23.9 Å². The number of amides is 2. The van der Waals surface area contributed by atoms with E-state index >= 15 is 0 Å². The molecule has 508 valence electrons. The number of para-hydroxylation sites is 1. The monoisotopic (exact) mass is 1350 g/mol. The van der Waals surface area contributed by atoms with Crippen molar-refractivity contribution in [3.63, 3.8) is 0 Å². The van der Waals surface area contributed by atoms with Crippen LogP contribution in [0.3, 0.4) is 0 Å². The lowest BCUT2D eigenvalue weighted by Crippen LogP contribution is -2.62. The molecule has 5 aromatic heterocycles. The second-order valence-corrected chi connectivity index (χ2v) is 28.3. The summed E-state index contributed by atoms with van der Waals surface area (Å²) >= 11 is 0. The van der Waals surface area contributed by atoms with Crippen molar-refractivity contribution < 1.29 is 45.4 Å². The molecule has 1 unspecified atom stereocenters. The average molecular weight is 1350 g/mol. The van der Waals surface area contributed by atoms with E-state index in [2.05, 4.69) is 52.9 Å². The van der Waals surface area contributed by atoms with Gasteiger partial charge in [0.05, 0.1) is 58.1 Å². The predicted octanol–water partition coefficient (Wildman–Crippen LogP) is 5.89. The van der Waals surface area contributed by atoms with Gasteiger partial charge in [-0.15, -0.1) is 5.10 Å². The van der Waals surface area contributed by atoms with Crippen LogP contribution in [0.1, 0.15) is 87.5 Å². The molecule has 14 rings (SSSR count). The largest absolute Gasteiger partial charge is 0.493 e. The Balaban J connectivity index is 0.000000138. The van der Waals surface area contributed by atoms with E-state index in [1.807, 2.05) is 71.1 Å². The zero-order chi connectivity index (χ0) is 67.9. The van der Waals surface area contributed by atoms with E-state index in [9.17, 15) is 36.0 Å². The van der Waals surface area contributed by atoms with Crippen LogP contribution in [0.2, 0.25) is 0 Å². The van der Waals surface area contributed by atoms with Crippen LogP contribution in [-0.4, -0.2) is 207 Å². The Morgan fingerprint density at radius 3 is 1.91 bits per heavy atom. The summed E-state index contributed by atoms with van der Waals surface area (Å²) in [6.45, 7) is 18.1. The molecule has 3 saturated heterocycles. The number of hydrogen-bond acceptors (Lipinski definition) is 18. The molecule has 9 aromatic rings. The van der Waals surface area contributed by atoms with Crippen molar-refractivity contribution in [1.82, 2.24) is 72.5 Å². The van der Waals surface area contributed by atoms with Gasteiger partial charge in [0, 0.05) is 95.9 Å². The average Bonchev–Trinajstić information content (AvgIpc) is 1.51. The fourth-order valence-corrected chi connectivity index (χ4v) is 16.1. The molecule has 0 saturated carbocycles. The van der Waals surface area contributed by atoms with Crippen molar-refractivity contribution in [1.29, 1.82) is 0 Å². The van der Waals surface area contributed by atoms with Gasteiger partial charge in [0.25, 0.3) is 11.1 Å². The van der Waals surface area contributed by atoms with Crippen LogP contribution in [0.25, 0.3) is 50.2 Å². The minimum absolute atomic E-state index is 0.0220. The van der Waals surface area contributed by atoms with Crippen LogP contribution < -0.4 is 30.1 Å². The number of benzene rings is 4. The first kappa shape index (κ1) is 67.0. The van der Waals surface area contributed by atoms with Crippen molar-refractivity contribution in [3.8, 4) is 45.8 Å². The molecule has 5 aliphatic rings. The number of ether oxygens (including phenoxy) is 4. The number of carbonyl (C=O) groups excluding carboxylic acids is 2. The number of nitrogens with zero attached hydrogens (tertiary/aromatic N) is 12. The number of aromatic amines is 3. The Hall–Kier alpha value is -9.00. The first-order valence-corrected chi connectivity index (χ1v) is 35.5. The number of rotatable bonds is 16. The van der Waals surface area contributed by atoms with Crippen molar-refractivity contribution in [2.45, 2.75) is 95.5 Å². The van der Waals surface area contributed by atoms with E-state index in [1.54, 1.807) is 66.8 Å². The van der Waals surface area contributed by atoms with Gasteiger partial charge in [-0.05, 0) is 113 Å². The quantitative estimate of drug-likeness (QED) is 0.102. The van der Waals surface area contributed by atoms with Gasteiger partial charge >= 0.3 is 0 Å². The van der Waals surface area contributed by atoms with Crippen molar-refractivity contribution in [2.24, 2.45) is 7.05 Å². The van der Waals surface area contributed by atoms with Crippen LogP contribution in [0.15, 0.2) is 98.2 Å². The predicted molar refractivity (Wildman–Crippen MR) is 360 cm³/mol. The molecule has 0 radical (unpaired) electrons.